The van der Waals surface area contributed by atoms with E-state index in [1.165, 1.54) is 0 Å². The summed E-state index contributed by atoms with van der Waals surface area (Å²) < 4.78 is 8.51. The highest BCUT2D eigenvalue weighted by Crippen LogP contribution is 2.40. The SMILES string of the molecule is CC[C@H](O[Si](C)(C)C(C)(C)C)c1cc(C)c(-c2cc3cnc(N)cc3n3ncnc23)cn1. The molecule has 0 radical (unpaired) electrons. The van der Waals surface area contributed by atoms with Gasteiger partial charge in [0.05, 0.1) is 17.3 Å². The lowest BCUT2D eigenvalue weighted by molar-refractivity contribution is 0.175. The first-order valence-electron chi connectivity index (χ1n) is 11.0. The molecule has 32 heavy (non-hydrogen) atoms. The normalized spacial score (nSPS) is 13.7. The third-order valence-corrected chi connectivity index (χ3v) is 11.1. The maximum absolute atomic E-state index is 6.69. The Bertz CT molecular complexity index is 1290. The van der Waals surface area contributed by atoms with E-state index >= 15 is 0 Å². The fraction of sp³-hybridized carbons (Fsp3) is 0.417. The van der Waals surface area contributed by atoms with Crippen molar-refractivity contribution in [2.24, 2.45) is 0 Å². The predicted octanol–water partition coefficient (Wildman–Crippen LogP) is 5.70. The van der Waals surface area contributed by atoms with Crippen molar-refractivity contribution >= 4 is 30.7 Å². The molecule has 0 aromatic carbocycles. The summed E-state index contributed by atoms with van der Waals surface area (Å²) in [7, 11) is -1.91. The molecular weight excluding hydrogens is 416 g/mol. The van der Waals surface area contributed by atoms with Crippen LogP contribution in [0, 0.1) is 6.92 Å². The Morgan fingerprint density at radius 1 is 1.06 bits per heavy atom. The molecule has 8 heteroatoms. The first-order chi connectivity index (χ1) is 15.0. The number of aromatic nitrogens is 5. The maximum atomic E-state index is 6.69. The smallest absolute Gasteiger partial charge is 0.192 e. The third-order valence-electron chi connectivity index (χ3n) is 6.62. The fourth-order valence-corrected chi connectivity index (χ4v) is 5.06. The Kier molecular flexibility index (Phi) is 5.54. The first kappa shape index (κ1) is 22.4. The molecule has 0 bridgehead atoms. The summed E-state index contributed by atoms with van der Waals surface area (Å²) >= 11 is 0. The van der Waals surface area contributed by atoms with Gasteiger partial charge in [0.2, 0.25) is 0 Å². The first-order valence-corrected chi connectivity index (χ1v) is 14.0. The van der Waals surface area contributed by atoms with E-state index in [0.717, 1.165) is 45.4 Å². The van der Waals surface area contributed by atoms with Gasteiger partial charge in [-0.1, -0.05) is 27.7 Å². The van der Waals surface area contributed by atoms with Crippen molar-refractivity contribution in [1.29, 1.82) is 0 Å². The van der Waals surface area contributed by atoms with Crippen LogP contribution in [0.4, 0.5) is 5.82 Å². The minimum atomic E-state index is -1.91. The zero-order valence-corrected chi connectivity index (χ0v) is 21.0. The molecule has 0 unspecified atom stereocenters. The lowest BCUT2D eigenvalue weighted by atomic mass is 10.0. The number of nitrogens with two attached hydrogens (primary N) is 1. The number of hydrogen-bond donors (Lipinski definition) is 1. The summed E-state index contributed by atoms with van der Waals surface area (Å²) in [5.74, 6) is 0.455. The molecule has 4 aromatic heterocycles. The second kappa shape index (κ2) is 7.93. The molecular formula is C24H32N6OSi. The van der Waals surface area contributed by atoms with Gasteiger partial charge in [0.1, 0.15) is 12.1 Å². The maximum Gasteiger partial charge on any atom is 0.192 e. The van der Waals surface area contributed by atoms with Gasteiger partial charge in [-0.3, -0.25) is 4.98 Å². The summed E-state index contributed by atoms with van der Waals surface area (Å²) in [5.41, 5.74) is 11.6. The van der Waals surface area contributed by atoms with Crippen molar-refractivity contribution in [2.75, 3.05) is 5.73 Å². The number of nitrogen functional groups attached to an aromatic ring is 1. The number of rotatable bonds is 5. The average molecular weight is 449 g/mol. The molecule has 0 amide bonds. The molecule has 4 rings (SSSR count). The van der Waals surface area contributed by atoms with Crippen molar-refractivity contribution in [3.05, 3.63) is 48.2 Å². The third kappa shape index (κ3) is 3.88. The molecule has 0 aliphatic carbocycles. The van der Waals surface area contributed by atoms with E-state index in [2.05, 4.69) is 74.9 Å². The Morgan fingerprint density at radius 2 is 1.81 bits per heavy atom. The standard InChI is InChI=1S/C24H32N6OSi/c1-8-21(31-32(6,7)24(3,4)5)19-9-15(2)18(13-26-19)17-10-16-12-27-22(25)11-20(16)30-23(17)28-14-29-30/h9-14,21H,8H2,1-7H3,(H2,25,27)/t21-/m0/s1. The van der Waals surface area contributed by atoms with E-state index < -0.39 is 8.32 Å². The highest BCUT2D eigenvalue weighted by Gasteiger charge is 2.39. The average Bonchev–Trinajstić information content (AvgIpc) is 3.21. The Balaban J connectivity index is 1.77. The van der Waals surface area contributed by atoms with Gasteiger partial charge >= 0.3 is 0 Å². The predicted molar refractivity (Wildman–Crippen MR) is 132 cm³/mol. The molecule has 0 fully saturated rings. The molecule has 0 saturated carbocycles. The van der Waals surface area contributed by atoms with Crippen LogP contribution >= 0.6 is 0 Å². The molecule has 0 saturated heterocycles. The van der Waals surface area contributed by atoms with E-state index in [0.29, 0.717) is 5.82 Å². The van der Waals surface area contributed by atoms with Crippen molar-refractivity contribution < 1.29 is 4.43 Å². The fourth-order valence-electron chi connectivity index (χ4n) is 3.71. The van der Waals surface area contributed by atoms with Crippen LogP contribution in [-0.2, 0) is 4.43 Å². The lowest BCUT2D eigenvalue weighted by Gasteiger charge is -2.39. The van der Waals surface area contributed by atoms with Gasteiger partial charge < -0.3 is 10.2 Å². The minimum absolute atomic E-state index is 0.0134. The molecule has 0 spiro atoms. The molecule has 168 valence electrons. The second-order valence-electron chi connectivity index (χ2n) is 9.92. The number of pyridine rings is 3. The monoisotopic (exact) mass is 448 g/mol. The second-order valence-corrected chi connectivity index (χ2v) is 14.7. The zero-order valence-electron chi connectivity index (χ0n) is 20.0. The van der Waals surface area contributed by atoms with Gasteiger partial charge in [0.25, 0.3) is 0 Å². The number of hydrogen-bond acceptors (Lipinski definition) is 6. The number of nitrogens with zero attached hydrogens (tertiary/aromatic N) is 5. The Hall–Kier alpha value is -2.84. The van der Waals surface area contributed by atoms with Gasteiger partial charge in [0, 0.05) is 35.0 Å². The summed E-state index contributed by atoms with van der Waals surface area (Å²) in [5, 5.41) is 5.51. The molecule has 7 nitrogen and oxygen atoms in total. The van der Waals surface area contributed by atoms with Crippen molar-refractivity contribution in [3.8, 4) is 11.1 Å². The summed E-state index contributed by atoms with van der Waals surface area (Å²) in [6.45, 7) is 15.6. The largest absolute Gasteiger partial charge is 0.408 e. The summed E-state index contributed by atoms with van der Waals surface area (Å²) in [4.78, 5) is 13.6. The molecule has 4 heterocycles. The van der Waals surface area contributed by atoms with Gasteiger partial charge in [-0.05, 0) is 49.2 Å². The van der Waals surface area contributed by atoms with E-state index in [9.17, 15) is 0 Å². The van der Waals surface area contributed by atoms with E-state index in [4.69, 9.17) is 15.1 Å². The van der Waals surface area contributed by atoms with Crippen molar-refractivity contribution in [2.45, 2.75) is 65.3 Å². The topological polar surface area (TPSA) is 91.2 Å². The van der Waals surface area contributed by atoms with Crippen LogP contribution in [0.3, 0.4) is 0 Å². The van der Waals surface area contributed by atoms with Crippen LogP contribution in [0.1, 0.15) is 51.5 Å². The number of anilines is 1. The van der Waals surface area contributed by atoms with E-state index in [1.807, 2.05) is 16.8 Å². The quantitative estimate of drug-likeness (QED) is 0.394. The number of fused-ring (bicyclic) bond motifs is 3. The van der Waals surface area contributed by atoms with E-state index in [-0.39, 0.29) is 11.1 Å². The van der Waals surface area contributed by atoms with Crippen LogP contribution < -0.4 is 5.73 Å². The molecule has 2 N–H and O–H groups in total. The van der Waals surface area contributed by atoms with Crippen molar-refractivity contribution in [1.82, 2.24) is 24.6 Å². The summed E-state index contributed by atoms with van der Waals surface area (Å²) in [6, 6.07) is 6.05. The Morgan fingerprint density at radius 3 is 2.47 bits per heavy atom. The van der Waals surface area contributed by atoms with Gasteiger partial charge in [-0.25, -0.2) is 14.5 Å². The Labute approximate surface area is 190 Å². The van der Waals surface area contributed by atoms with Gasteiger partial charge in [-0.2, -0.15) is 5.10 Å². The van der Waals surface area contributed by atoms with Crippen molar-refractivity contribution in [3.63, 3.8) is 0 Å². The molecule has 0 aliphatic rings. The minimum Gasteiger partial charge on any atom is -0.408 e. The van der Waals surface area contributed by atoms with E-state index in [1.54, 1.807) is 12.5 Å². The molecule has 4 aromatic rings. The van der Waals surface area contributed by atoms with Crippen LogP contribution in [0.5, 0.6) is 0 Å². The van der Waals surface area contributed by atoms with Crippen LogP contribution in [0.25, 0.3) is 27.7 Å². The summed E-state index contributed by atoms with van der Waals surface area (Å²) in [6.07, 6.45) is 6.14. The molecule has 0 aliphatic heterocycles. The highest BCUT2D eigenvalue weighted by molar-refractivity contribution is 6.74. The van der Waals surface area contributed by atoms with Gasteiger partial charge in [-0.15, -0.1) is 0 Å². The van der Waals surface area contributed by atoms with Crippen LogP contribution in [0.2, 0.25) is 18.1 Å². The molecule has 1 atom stereocenters. The van der Waals surface area contributed by atoms with Crippen LogP contribution in [0.15, 0.2) is 36.9 Å². The highest BCUT2D eigenvalue weighted by atomic mass is 28.4. The lowest BCUT2D eigenvalue weighted by Crippen LogP contribution is -2.41. The zero-order chi connectivity index (χ0) is 23.3. The van der Waals surface area contributed by atoms with Gasteiger partial charge in [0.15, 0.2) is 14.0 Å². The number of aryl methyl sites for hydroxylation is 1. The van der Waals surface area contributed by atoms with Crippen LogP contribution in [-0.4, -0.2) is 32.9 Å².